The van der Waals surface area contributed by atoms with E-state index in [4.69, 9.17) is 4.98 Å². The fourth-order valence-electron chi connectivity index (χ4n) is 4.45. The first-order chi connectivity index (χ1) is 17.4. The molecular formula is C25H29N5O4S2. The molecule has 36 heavy (non-hydrogen) atoms. The number of fused-ring (bicyclic) bond motifs is 2. The van der Waals surface area contributed by atoms with Crippen LogP contribution in [0.5, 0.6) is 0 Å². The van der Waals surface area contributed by atoms with Crippen LogP contribution >= 0.6 is 0 Å². The Morgan fingerprint density at radius 1 is 0.694 bits per heavy atom. The van der Waals surface area contributed by atoms with Crippen molar-refractivity contribution in [2.75, 3.05) is 72.9 Å². The van der Waals surface area contributed by atoms with Crippen LogP contribution in [0.4, 0.5) is 11.4 Å². The molecule has 2 aromatic carbocycles. The summed E-state index contributed by atoms with van der Waals surface area (Å²) in [5, 5.41) is 7.80. The normalized spacial score (nSPS) is 18.4. The number of nitrogens with one attached hydrogen (secondary N) is 2. The summed E-state index contributed by atoms with van der Waals surface area (Å²) >= 11 is 0. The number of aromatic nitrogens is 1. The minimum Gasteiger partial charge on any atom is -0.325 e. The second kappa shape index (κ2) is 11.1. The van der Waals surface area contributed by atoms with E-state index in [1.54, 1.807) is 0 Å². The zero-order valence-electron chi connectivity index (χ0n) is 19.9. The molecule has 1 aromatic heterocycles. The number of rotatable bonds is 6. The predicted octanol–water partition coefficient (Wildman–Crippen LogP) is 1.39. The fraction of sp³-hybridized carbons (Fsp3) is 0.400. The Bertz CT molecular complexity index is 1250. The van der Waals surface area contributed by atoms with Crippen molar-refractivity contribution in [1.29, 1.82) is 0 Å². The van der Waals surface area contributed by atoms with E-state index >= 15 is 0 Å². The first-order valence-electron chi connectivity index (χ1n) is 12.0. The minimum absolute atomic E-state index is 0.104. The molecule has 3 aromatic rings. The monoisotopic (exact) mass is 527 g/mol. The molecule has 5 rings (SSSR count). The zero-order valence-corrected chi connectivity index (χ0v) is 21.5. The molecular weight excluding hydrogens is 498 g/mol. The number of carbonyl (C=O) groups is 2. The molecule has 0 spiro atoms. The molecule has 11 heteroatoms. The summed E-state index contributed by atoms with van der Waals surface area (Å²) in [6, 6.07) is 13.3. The van der Waals surface area contributed by atoms with Crippen LogP contribution < -0.4 is 10.6 Å². The van der Waals surface area contributed by atoms with Crippen LogP contribution in [0.2, 0.25) is 0 Å². The average molecular weight is 528 g/mol. The molecule has 2 fully saturated rings. The van der Waals surface area contributed by atoms with Crippen LogP contribution in [-0.4, -0.2) is 97.3 Å². The van der Waals surface area contributed by atoms with Crippen molar-refractivity contribution in [2.45, 2.75) is 0 Å². The van der Waals surface area contributed by atoms with Crippen molar-refractivity contribution < 1.29 is 18.0 Å². The van der Waals surface area contributed by atoms with Crippen LogP contribution in [0.15, 0.2) is 42.5 Å². The molecule has 0 radical (unpaired) electrons. The fourth-order valence-corrected chi connectivity index (χ4v) is 6.71. The highest BCUT2D eigenvalue weighted by Gasteiger charge is 2.19. The van der Waals surface area contributed by atoms with Gasteiger partial charge in [0.25, 0.3) is 0 Å². The molecule has 2 N–H and O–H groups in total. The summed E-state index contributed by atoms with van der Waals surface area (Å²) < 4.78 is 23.0. The third kappa shape index (κ3) is 6.33. The molecule has 0 saturated carbocycles. The van der Waals surface area contributed by atoms with Gasteiger partial charge in [-0.05, 0) is 30.3 Å². The highest BCUT2D eigenvalue weighted by molar-refractivity contribution is 7.85. The van der Waals surface area contributed by atoms with Crippen LogP contribution in [0, 0.1) is 0 Å². The molecule has 0 atom stereocenters. The van der Waals surface area contributed by atoms with Crippen molar-refractivity contribution >= 4 is 66.6 Å². The summed E-state index contributed by atoms with van der Waals surface area (Å²) in [4.78, 5) is 33.8. The van der Waals surface area contributed by atoms with Gasteiger partial charge in [0.15, 0.2) is 0 Å². The van der Waals surface area contributed by atoms with E-state index in [1.807, 2.05) is 52.3 Å². The average Bonchev–Trinajstić information content (AvgIpc) is 2.85. The maximum absolute atomic E-state index is 12.5. The van der Waals surface area contributed by atoms with Crippen molar-refractivity contribution in [3.05, 3.63) is 42.5 Å². The number of nitrogens with zero attached hydrogens (tertiary/aromatic N) is 3. The lowest BCUT2D eigenvalue weighted by molar-refractivity contribution is -0.118. The number of pyridine rings is 1. The summed E-state index contributed by atoms with van der Waals surface area (Å²) in [6.45, 7) is 3.23. The van der Waals surface area contributed by atoms with Crippen molar-refractivity contribution in [3.8, 4) is 0 Å². The molecule has 2 aliphatic heterocycles. The number of anilines is 2. The maximum atomic E-state index is 12.5. The molecule has 3 heterocycles. The van der Waals surface area contributed by atoms with Gasteiger partial charge in [-0.2, -0.15) is 0 Å². The van der Waals surface area contributed by atoms with E-state index < -0.39 is 21.6 Å². The van der Waals surface area contributed by atoms with Gasteiger partial charge in [-0.25, -0.2) is 4.98 Å². The SMILES string of the molecule is O=C(CN1CCS(=O)CC1)Nc1ccc2cc3ccc(NC(=O)CN4CCS(=O)CC4)cc3nc2c1. The van der Waals surface area contributed by atoms with E-state index in [0.29, 0.717) is 60.6 Å². The van der Waals surface area contributed by atoms with Gasteiger partial charge in [0.1, 0.15) is 0 Å². The van der Waals surface area contributed by atoms with E-state index in [-0.39, 0.29) is 24.9 Å². The first-order valence-corrected chi connectivity index (χ1v) is 15.0. The van der Waals surface area contributed by atoms with Crippen molar-refractivity contribution in [3.63, 3.8) is 0 Å². The van der Waals surface area contributed by atoms with Crippen LogP contribution in [-0.2, 0) is 31.2 Å². The quantitative estimate of drug-likeness (QED) is 0.466. The predicted molar refractivity (Wildman–Crippen MR) is 145 cm³/mol. The summed E-state index contributed by atoms with van der Waals surface area (Å²) in [5.74, 6) is 2.25. The molecule has 2 amide bonds. The van der Waals surface area contributed by atoms with Crippen molar-refractivity contribution in [1.82, 2.24) is 14.8 Å². The Morgan fingerprint density at radius 3 is 1.53 bits per heavy atom. The molecule has 2 aliphatic rings. The zero-order chi connectivity index (χ0) is 25.1. The molecule has 2 saturated heterocycles. The second-order valence-corrected chi connectivity index (χ2v) is 12.5. The highest BCUT2D eigenvalue weighted by atomic mass is 32.2. The van der Waals surface area contributed by atoms with Gasteiger partial charge in [-0.1, -0.05) is 12.1 Å². The van der Waals surface area contributed by atoms with Gasteiger partial charge in [0.05, 0.1) is 24.1 Å². The highest BCUT2D eigenvalue weighted by Crippen LogP contribution is 2.25. The minimum atomic E-state index is -0.767. The second-order valence-electron chi connectivity index (χ2n) is 9.15. The molecule has 0 aliphatic carbocycles. The Labute approximate surface area is 214 Å². The van der Waals surface area contributed by atoms with E-state index in [9.17, 15) is 18.0 Å². The van der Waals surface area contributed by atoms with Gasteiger partial charge in [-0.15, -0.1) is 0 Å². The third-order valence-corrected chi connectivity index (χ3v) is 9.01. The van der Waals surface area contributed by atoms with Crippen LogP contribution in [0.3, 0.4) is 0 Å². The van der Waals surface area contributed by atoms with Crippen molar-refractivity contribution in [2.24, 2.45) is 0 Å². The van der Waals surface area contributed by atoms with Gasteiger partial charge in [0.2, 0.25) is 11.8 Å². The summed E-state index contributed by atoms with van der Waals surface area (Å²) in [6.07, 6.45) is 0. The van der Waals surface area contributed by atoms with Gasteiger partial charge < -0.3 is 10.6 Å². The lowest BCUT2D eigenvalue weighted by atomic mass is 10.1. The summed E-state index contributed by atoms with van der Waals surface area (Å²) in [7, 11) is -1.53. The van der Waals surface area contributed by atoms with Gasteiger partial charge >= 0.3 is 0 Å². The number of hydrogen-bond acceptors (Lipinski definition) is 7. The maximum Gasteiger partial charge on any atom is 0.238 e. The number of carbonyl (C=O) groups excluding carboxylic acids is 2. The number of benzene rings is 2. The van der Waals surface area contributed by atoms with E-state index in [2.05, 4.69) is 10.6 Å². The van der Waals surface area contributed by atoms with Crippen LogP contribution in [0.1, 0.15) is 0 Å². The van der Waals surface area contributed by atoms with Gasteiger partial charge in [0, 0.05) is 92.9 Å². The molecule has 190 valence electrons. The lowest BCUT2D eigenvalue weighted by Gasteiger charge is -2.25. The molecule has 9 nitrogen and oxygen atoms in total. The van der Waals surface area contributed by atoms with E-state index in [1.165, 1.54) is 0 Å². The Kier molecular flexibility index (Phi) is 7.70. The lowest BCUT2D eigenvalue weighted by Crippen LogP contribution is -2.42. The third-order valence-electron chi connectivity index (χ3n) is 6.46. The largest absolute Gasteiger partial charge is 0.325 e. The number of amides is 2. The smallest absolute Gasteiger partial charge is 0.238 e. The Balaban J connectivity index is 1.25. The Morgan fingerprint density at radius 2 is 1.11 bits per heavy atom. The standard InChI is InChI=1S/C25H29N5O4S2/c31-24(16-29-5-9-35(33)10-6-29)26-20-3-1-18-13-19-2-4-21(15-23(19)28-22(18)14-20)27-25(32)17-30-7-11-36(34)12-8-30/h1-4,13-15H,5-12,16-17H2,(H,26,31)(H,27,32). The molecule has 0 bridgehead atoms. The van der Waals surface area contributed by atoms with Crippen LogP contribution in [0.25, 0.3) is 21.8 Å². The first kappa shape index (κ1) is 24.9. The van der Waals surface area contributed by atoms with Gasteiger partial charge in [-0.3, -0.25) is 27.8 Å². The number of hydrogen-bond donors (Lipinski definition) is 2. The molecule has 0 unspecified atom stereocenters. The van der Waals surface area contributed by atoms with E-state index in [0.717, 1.165) is 21.8 Å². The Hall–Kier alpha value is -2.73. The summed E-state index contributed by atoms with van der Waals surface area (Å²) in [5.41, 5.74) is 2.84. The topological polar surface area (TPSA) is 112 Å².